The maximum absolute atomic E-state index is 11.9. The lowest BCUT2D eigenvalue weighted by Gasteiger charge is -2.28. The van der Waals surface area contributed by atoms with Crippen molar-refractivity contribution in [2.45, 2.75) is 130 Å². The highest BCUT2D eigenvalue weighted by Crippen LogP contribution is 2.17. The second-order valence-corrected chi connectivity index (χ2v) is 15.4. The summed E-state index contributed by atoms with van der Waals surface area (Å²) in [7, 11) is 0. The average Bonchev–Trinajstić information content (AvgIpc) is 3.15. The van der Waals surface area contributed by atoms with Crippen LogP contribution in [0.25, 0.3) is 0 Å². The van der Waals surface area contributed by atoms with Crippen molar-refractivity contribution in [2.24, 2.45) is 11.8 Å². The topological polar surface area (TPSA) is 158 Å². The normalized spacial score (nSPS) is 14.9. The van der Waals surface area contributed by atoms with Crippen molar-refractivity contribution in [1.82, 2.24) is 9.80 Å². The van der Waals surface area contributed by atoms with E-state index in [1.165, 1.54) is 0 Å². The molecule has 0 spiro atoms. The minimum atomic E-state index is -0.987. The fraction of sp³-hybridized carbons (Fsp3) is 0.727. The summed E-state index contributed by atoms with van der Waals surface area (Å²) in [5, 5.41) is 43.3. The first kappa shape index (κ1) is 51.3. The predicted molar refractivity (Wildman–Crippen MR) is 221 cm³/mol. The van der Waals surface area contributed by atoms with Crippen LogP contribution in [-0.2, 0) is 41.6 Å². The van der Waals surface area contributed by atoms with Crippen LogP contribution in [-0.4, -0.2) is 132 Å². The molecule has 12 heteroatoms. The van der Waals surface area contributed by atoms with Crippen LogP contribution in [0.4, 0.5) is 0 Å². The van der Waals surface area contributed by atoms with E-state index < -0.39 is 36.4 Å². The van der Waals surface area contributed by atoms with Crippen molar-refractivity contribution in [3.8, 4) is 0 Å². The number of carbonyl (C=O) groups is 2. The minimum Gasteiger partial charge on any atom is -0.460 e. The molecule has 0 heterocycles. The summed E-state index contributed by atoms with van der Waals surface area (Å²) in [6.07, 6.45) is 5.12. The van der Waals surface area contributed by atoms with Crippen LogP contribution in [0.3, 0.4) is 0 Å². The van der Waals surface area contributed by atoms with Gasteiger partial charge in [0.05, 0.1) is 25.4 Å². The first-order chi connectivity index (χ1) is 26.7. The summed E-state index contributed by atoms with van der Waals surface area (Å²) in [5.41, 5.74) is 2.35. The number of aliphatic hydroxyl groups excluding tert-OH is 4. The molecule has 0 bridgehead atoms. The smallest absolute Gasteiger partial charge is 0.333 e. The molecule has 322 valence electrons. The largest absolute Gasteiger partial charge is 0.460 e. The molecule has 0 fully saturated rings. The summed E-state index contributed by atoms with van der Waals surface area (Å²) < 4.78 is 22.0. The molecule has 0 saturated carbocycles. The van der Waals surface area contributed by atoms with Crippen LogP contribution >= 0.6 is 0 Å². The molecule has 0 saturated heterocycles. The van der Waals surface area contributed by atoms with Crippen molar-refractivity contribution in [1.29, 1.82) is 0 Å². The van der Waals surface area contributed by atoms with Crippen LogP contribution in [0.1, 0.15) is 104 Å². The Hall–Kier alpha value is -2.68. The van der Waals surface area contributed by atoms with Gasteiger partial charge in [-0.15, -0.1) is 0 Å². The molecule has 56 heavy (non-hydrogen) atoms. The Morgan fingerprint density at radius 1 is 0.571 bits per heavy atom. The molecule has 0 aliphatic carbocycles. The molecule has 12 nitrogen and oxygen atoms in total. The predicted octanol–water partition coefficient (Wildman–Crippen LogP) is 5.44. The van der Waals surface area contributed by atoms with Crippen molar-refractivity contribution < 1.29 is 49.0 Å². The molecule has 0 aromatic heterocycles. The number of nitrogens with zero attached hydrogens (tertiary/aromatic N) is 2. The standard InChI is InChI=1S/C44H76N2O10/c1-9-13-35(11-3)19-21-53-29-39(47)25-45(27-41(49)31-55-43(51)33(5)6)23-37-15-17-38(18-16-37)24-46(28-42(50)32-56-44(52)34(7)8)26-40(48)30-54-22-20-36(12-4)14-10-2/h15-18,35-36,39-42,47-50H,5,7,9-14,19-32H2,1-4,6,8H3. The van der Waals surface area contributed by atoms with E-state index in [0.717, 1.165) is 62.5 Å². The third-order valence-electron chi connectivity index (χ3n) is 9.73. The zero-order chi connectivity index (χ0) is 41.9. The number of ether oxygens (including phenoxy) is 4. The maximum atomic E-state index is 11.9. The fourth-order valence-corrected chi connectivity index (χ4v) is 6.53. The summed E-state index contributed by atoms with van der Waals surface area (Å²) in [6, 6.07) is 7.84. The number of esters is 2. The van der Waals surface area contributed by atoms with E-state index in [2.05, 4.69) is 40.9 Å². The monoisotopic (exact) mass is 793 g/mol. The van der Waals surface area contributed by atoms with E-state index in [0.29, 0.717) is 38.1 Å². The molecular weight excluding hydrogens is 716 g/mol. The van der Waals surface area contributed by atoms with Crippen LogP contribution in [0, 0.1) is 11.8 Å². The molecule has 1 rings (SSSR count). The van der Waals surface area contributed by atoms with E-state index in [1.807, 2.05) is 34.1 Å². The number of hydrogen-bond acceptors (Lipinski definition) is 12. The molecule has 4 N–H and O–H groups in total. The van der Waals surface area contributed by atoms with Crippen LogP contribution in [0.15, 0.2) is 48.6 Å². The molecule has 1 aromatic rings. The highest BCUT2D eigenvalue weighted by atomic mass is 16.5. The molecule has 6 unspecified atom stereocenters. The lowest BCUT2D eigenvalue weighted by atomic mass is 9.98. The van der Waals surface area contributed by atoms with Gasteiger partial charge in [-0.1, -0.05) is 104 Å². The third-order valence-corrected chi connectivity index (χ3v) is 9.73. The van der Waals surface area contributed by atoms with Gasteiger partial charge >= 0.3 is 11.9 Å². The van der Waals surface area contributed by atoms with E-state index in [1.54, 1.807) is 13.8 Å². The Morgan fingerprint density at radius 2 is 0.893 bits per heavy atom. The van der Waals surface area contributed by atoms with Crippen molar-refractivity contribution in [3.63, 3.8) is 0 Å². The first-order valence-corrected chi connectivity index (χ1v) is 20.8. The molecular formula is C44H76N2O10. The Kier molecular flexibility index (Phi) is 27.9. The van der Waals surface area contributed by atoms with Crippen LogP contribution in [0.5, 0.6) is 0 Å². The molecule has 0 aliphatic rings. The summed E-state index contributed by atoms with van der Waals surface area (Å²) in [6.45, 7) is 21.7. The quantitative estimate of drug-likeness (QED) is 0.0399. The Morgan fingerprint density at radius 3 is 1.18 bits per heavy atom. The molecule has 0 radical (unpaired) electrons. The number of rotatable bonds is 34. The van der Waals surface area contributed by atoms with Gasteiger partial charge in [0.2, 0.25) is 0 Å². The van der Waals surface area contributed by atoms with E-state index in [-0.39, 0.29) is 63.8 Å². The molecule has 6 atom stereocenters. The van der Waals surface area contributed by atoms with Crippen molar-refractivity contribution >= 4 is 11.9 Å². The second-order valence-electron chi connectivity index (χ2n) is 15.4. The SMILES string of the molecule is C=C(C)C(=O)OCC(O)CN(Cc1ccc(CN(CC(O)COCCC(CC)CCC)CC(O)COC(=O)C(=C)C)cc1)CC(O)COCCC(CC)CCC. The summed E-state index contributed by atoms with van der Waals surface area (Å²) >= 11 is 0. The minimum absolute atomic E-state index is 0.149. The zero-order valence-electron chi connectivity index (χ0n) is 35.5. The first-order valence-electron chi connectivity index (χ1n) is 20.8. The number of aliphatic hydroxyl groups is 4. The number of benzene rings is 1. The average molecular weight is 793 g/mol. The maximum Gasteiger partial charge on any atom is 0.333 e. The molecule has 0 amide bonds. The van der Waals surface area contributed by atoms with Gasteiger partial charge < -0.3 is 39.4 Å². The third kappa shape index (κ3) is 24.2. The Labute approximate surface area is 337 Å². The van der Waals surface area contributed by atoms with Gasteiger partial charge in [-0.2, -0.15) is 0 Å². The highest BCUT2D eigenvalue weighted by Gasteiger charge is 2.21. The summed E-state index contributed by atoms with van der Waals surface area (Å²) in [4.78, 5) is 27.7. The van der Waals surface area contributed by atoms with E-state index in [4.69, 9.17) is 18.9 Å². The van der Waals surface area contributed by atoms with Crippen LogP contribution < -0.4 is 0 Å². The van der Waals surface area contributed by atoms with Gasteiger partial charge in [0, 0.05) is 63.6 Å². The van der Waals surface area contributed by atoms with E-state index >= 15 is 0 Å². The van der Waals surface area contributed by atoms with E-state index in [9.17, 15) is 30.0 Å². The Bertz CT molecular complexity index is 1140. The van der Waals surface area contributed by atoms with Crippen molar-refractivity contribution in [3.05, 3.63) is 59.7 Å². The van der Waals surface area contributed by atoms with Crippen LogP contribution in [0.2, 0.25) is 0 Å². The number of carbonyl (C=O) groups excluding carboxylic acids is 2. The zero-order valence-corrected chi connectivity index (χ0v) is 35.5. The van der Waals surface area contributed by atoms with Crippen molar-refractivity contribution in [2.75, 3.05) is 65.8 Å². The molecule has 1 aromatic carbocycles. The van der Waals surface area contributed by atoms with Gasteiger partial charge in [-0.05, 0) is 49.7 Å². The fourth-order valence-electron chi connectivity index (χ4n) is 6.53. The lowest BCUT2D eigenvalue weighted by molar-refractivity contribution is -0.143. The second kappa shape index (κ2) is 30.4. The van der Waals surface area contributed by atoms with Gasteiger partial charge in [0.25, 0.3) is 0 Å². The van der Waals surface area contributed by atoms with Gasteiger partial charge in [-0.25, -0.2) is 9.59 Å². The lowest BCUT2D eigenvalue weighted by Crippen LogP contribution is -2.41. The van der Waals surface area contributed by atoms with Gasteiger partial charge in [-0.3, -0.25) is 9.80 Å². The van der Waals surface area contributed by atoms with Gasteiger partial charge in [0.1, 0.15) is 25.4 Å². The Balaban J connectivity index is 2.99. The highest BCUT2D eigenvalue weighted by molar-refractivity contribution is 5.87. The summed E-state index contributed by atoms with van der Waals surface area (Å²) in [5.74, 6) is 0.0652. The number of hydrogen-bond donors (Lipinski definition) is 4. The molecule has 0 aliphatic heterocycles. The van der Waals surface area contributed by atoms with Gasteiger partial charge in [0.15, 0.2) is 0 Å².